The fourth-order valence-corrected chi connectivity index (χ4v) is 2.81. The average molecular weight is 389 g/mol. The van der Waals surface area contributed by atoms with E-state index in [1.165, 1.54) is 13.2 Å². The van der Waals surface area contributed by atoms with Gasteiger partial charge in [-0.2, -0.15) is 0 Å². The molecule has 152 valence electrons. The third-order valence-electron chi connectivity index (χ3n) is 4.20. The molecule has 2 atom stereocenters. The maximum atomic E-state index is 12.5. The largest absolute Gasteiger partial charge is 0.504 e. The zero-order valence-corrected chi connectivity index (χ0v) is 16.3. The molecule has 0 aliphatic carbocycles. The Morgan fingerprint density at radius 2 is 1.89 bits per heavy atom. The van der Waals surface area contributed by atoms with Crippen molar-refractivity contribution in [3.8, 4) is 11.5 Å². The van der Waals surface area contributed by atoms with Gasteiger partial charge in [0.05, 0.1) is 7.11 Å². The lowest BCUT2D eigenvalue weighted by atomic mass is 10.0. The highest BCUT2D eigenvalue weighted by Gasteiger charge is 2.28. The fraction of sp³-hybridized carbons (Fsp3) is 0.381. The Hall–Kier alpha value is -2.77. The molecule has 7 nitrogen and oxygen atoms in total. The Kier molecular flexibility index (Phi) is 8.10. The summed E-state index contributed by atoms with van der Waals surface area (Å²) in [5.41, 5.74) is 2.20. The number of carbonyl (C=O) groups is 1. The number of carbonyl (C=O) groups excluding carboxylic acids is 1. The van der Waals surface area contributed by atoms with Crippen LogP contribution in [-0.2, 0) is 9.47 Å². The maximum absolute atomic E-state index is 12.5. The van der Waals surface area contributed by atoms with Crippen LogP contribution in [0.1, 0.15) is 30.6 Å². The summed E-state index contributed by atoms with van der Waals surface area (Å²) in [4.78, 5) is 12.5. The minimum atomic E-state index is -0.825. The van der Waals surface area contributed by atoms with Crippen molar-refractivity contribution in [1.82, 2.24) is 0 Å². The Bertz CT molecular complexity index is 756. The first-order valence-electron chi connectivity index (χ1n) is 9.12. The first-order chi connectivity index (χ1) is 13.5. The van der Waals surface area contributed by atoms with Crippen molar-refractivity contribution in [1.29, 1.82) is 0 Å². The smallest absolute Gasteiger partial charge is 0.412 e. The first kappa shape index (κ1) is 21.5. The van der Waals surface area contributed by atoms with Crippen LogP contribution in [0.3, 0.4) is 0 Å². The second-order valence-electron chi connectivity index (χ2n) is 6.25. The van der Waals surface area contributed by atoms with E-state index in [-0.39, 0.29) is 18.8 Å². The number of ether oxygens (including phenoxy) is 3. The minimum Gasteiger partial charge on any atom is -0.504 e. The van der Waals surface area contributed by atoms with E-state index in [0.29, 0.717) is 23.6 Å². The van der Waals surface area contributed by atoms with Gasteiger partial charge < -0.3 is 24.4 Å². The summed E-state index contributed by atoms with van der Waals surface area (Å²) in [6.45, 7) is 4.02. The highest BCUT2D eigenvalue weighted by Crippen LogP contribution is 2.33. The van der Waals surface area contributed by atoms with E-state index in [0.717, 1.165) is 5.56 Å². The molecule has 0 aliphatic heterocycles. The SMILES string of the molecule is CCO[C@@H](CCO)[C@@H](OC(=O)Nc1ccc(C)cc1)c1ccc(OC)c(O)c1. The molecule has 0 aliphatic rings. The molecule has 3 N–H and O–H groups in total. The third kappa shape index (κ3) is 5.87. The van der Waals surface area contributed by atoms with Gasteiger partial charge in [-0.25, -0.2) is 4.79 Å². The van der Waals surface area contributed by atoms with E-state index in [1.54, 1.807) is 24.3 Å². The van der Waals surface area contributed by atoms with Gasteiger partial charge in [0.25, 0.3) is 0 Å². The van der Waals surface area contributed by atoms with Crippen LogP contribution in [0.15, 0.2) is 42.5 Å². The highest BCUT2D eigenvalue weighted by atomic mass is 16.6. The molecule has 0 fully saturated rings. The summed E-state index contributed by atoms with van der Waals surface area (Å²) in [7, 11) is 1.45. The van der Waals surface area contributed by atoms with Crippen LogP contribution in [-0.4, -0.2) is 42.7 Å². The van der Waals surface area contributed by atoms with E-state index in [1.807, 2.05) is 26.0 Å². The monoisotopic (exact) mass is 389 g/mol. The van der Waals surface area contributed by atoms with Gasteiger partial charge in [-0.15, -0.1) is 0 Å². The van der Waals surface area contributed by atoms with Crippen LogP contribution in [0.5, 0.6) is 11.5 Å². The summed E-state index contributed by atoms with van der Waals surface area (Å²) < 4.78 is 16.4. The van der Waals surface area contributed by atoms with Gasteiger partial charge in [0, 0.05) is 25.3 Å². The summed E-state index contributed by atoms with van der Waals surface area (Å²) in [6.07, 6.45) is -1.80. The molecule has 0 saturated carbocycles. The predicted octanol–water partition coefficient (Wildman–Crippen LogP) is 3.79. The number of aliphatic hydroxyl groups is 1. The minimum absolute atomic E-state index is 0.0770. The summed E-state index contributed by atoms with van der Waals surface area (Å²) in [5, 5.41) is 22.2. The molecule has 0 aromatic heterocycles. The zero-order chi connectivity index (χ0) is 20.5. The molecule has 2 aromatic rings. The lowest BCUT2D eigenvalue weighted by Crippen LogP contribution is -2.29. The molecule has 0 unspecified atom stereocenters. The molecule has 28 heavy (non-hydrogen) atoms. The number of aliphatic hydroxyl groups excluding tert-OH is 1. The van der Waals surface area contributed by atoms with E-state index in [9.17, 15) is 15.0 Å². The molecule has 7 heteroatoms. The van der Waals surface area contributed by atoms with Gasteiger partial charge in [-0.1, -0.05) is 23.8 Å². The van der Waals surface area contributed by atoms with Crippen LogP contribution in [0.2, 0.25) is 0 Å². The van der Waals surface area contributed by atoms with E-state index < -0.39 is 18.3 Å². The number of hydrogen-bond donors (Lipinski definition) is 3. The van der Waals surface area contributed by atoms with Crippen molar-refractivity contribution < 1.29 is 29.2 Å². The number of benzene rings is 2. The molecule has 0 spiro atoms. The standard InChI is InChI=1S/C21H27NO6/c1-4-27-19(11-12-23)20(15-7-10-18(26-3)17(24)13-15)28-21(25)22-16-8-5-14(2)6-9-16/h5-10,13,19-20,23-24H,4,11-12H2,1-3H3,(H,22,25)/t19-,20-/m0/s1. The quantitative estimate of drug-likeness (QED) is 0.604. The highest BCUT2D eigenvalue weighted by molar-refractivity contribution is 5.84. The van der Waals surface area contributed by atoms with Crippen LogP contribution >= 0.6 is 0 Å². The predicted molar refractivity (Wildman–Crippen MR) is 106 cm³/mol. The van der Waals surface area contributed by atoms with Gasteiger partial charge in [0.2, 0.25) is 0 Å². The molecule has 0 bridgehead atoms. The molecule has 2 rings (SSSR count). The van der Waals surface area contributed by atoms with E-state index in [4.69, 9.17) is 14.2 Å². The molecule has 0 heterocycles. The third-order valence-corrected chi connectivity index (χ3v) is 4.20. The van der Waals surface area contributed by atoms with Gasteiger partial charge in [0.15, 0.2) is 17.6 Å². The Morgan fingerprint density at radius 3 is 2.46 bits per heavy atom. The molecule has 0 radical (unpaired) electrons. The summed E-state index contributed by atoms with van der Waals surface area (Å²) in [6, 6.07) is 12.0. The van der Waals surface area contributed by atoms with Crippen molar-refractivity contribution in [2.24, 2.45) is 0 Å². The van der Waals surface area contributed by atoms with Crippen LogP contribution in [0.25, 0.3) is 0 Å². The van der Waals surface area contributed by atoms with E-state index >= 15 is 0 Å². The molecular formula is C21H27NO6. The topological polar surface area (TPSA) is 97.2 Å². The number of phenols is 1. The molecule has 0 saturated heterocycles. The van der Waals surface area contributed by atoms with Crippen molar-refractivity contribution in [2.75, 3.05) is 25.6 Å². The maximum Gasteiger partial charge on any atom is 0.412 e. The fourth-order valence-electron chi connectivity index (χ4n) is 2.81. The summed E-state index contributed by atoms with van der Waals surface area (Å²) in [5.74, 6) is 0.230. The second kappa shape index (κ2) is 10.5. The number of anilines is 1. The van der Waals surface area contributed by atoms with Gasteiger partial charge in [-0.05, 0) is 43.7 Å². The number of nitrogens with one attached hydrogen (secondary N) is 1. The zero-order valence-electron chi connectivity index (χ0n) is 16.3. The molecule has 1 amide bonds. The van der Waals surface area contributed by atoms with Gasteiger partial charge in [-0.3, -0.25) is 5.32 Å². The number of aromatic hydroxyl groups is 1. The van der Waals surface area contributed by atoms with Crippen LogP contribution < -0.4 is 10.1 Å². The number of phenolic OH excluding ortho intramolecular Hbond substituents is 1. The first-order valence-corrected chi connectivity index (χ1v) is 9.12. The number of rotatable bonds is 9. The van der Waals surface area contributed by atoms with Crippen molar-refractivity contribution in [3.05, 3.63) is 53.6 Å². The van der Waals surface area contributed by atoms with Crippen molar-refractivity contribution in [3.63, 3.8) is 0 Å². The lowest BCUT2D eigenvalue weighted by Gasteiger charge is -2.27. The van der Waals surface area contributed by atoms with Gasteiger partial charge in [0.1, 0.15) is 6.10 Å². The van der Waals surface area contributed by atoms with Crippen molar-refractivity contribution >= 4 is 11.8 Å². The van der Waals surface area contributed by atoms with Gasteiger partial charge >= 0.3 is 6.09 Å². The number of aryl methyl sites for hydroxylation is 1. The number of hydrogen-bond acceptors (Lipinski definition) is 6. The Labute approximate surface area is 164 Å². The van der Waals surface area contributed by atoms with E-state index in [2.05, 4.69) is 5.32 Å². The van der Waals surface area contributed by atoms with Crippen LogP contribution in [0.4, 0.5) is 10.5 Å². The van der Waals surface area contributed by atoms with Crippen LogP contribution in [0, 0.1) is 6.92 Å². The normalized spacial score (nSPS) is 12.9. The lowest BCUT2D eigenvalue weighted by molar-refractivity contribution is -0.0484. The number of methoxy groups -OCH3 is 1. The molecule has 2 aromatic carbocycles. The average Bonchev–Trinajstić information content (AvgIpc) is 2.68. The Balaban J connectivity index is 2.25. The Morgan fingerprint density at radius 1 is 1.18 bits per heavy atom. The summed E-state index contributed by atoms with van der Waals surface area (Å²) >= 11 is 0. The number of amides is 1. The van der Waals surface area contributed by atoms with Crippen molar-refractivity contribution in [2.45, 2.75) is 32.5 Å². The molecular weight excluding hydrogens is 362 g/mol. The second-order valence-corrected chi connectivity index (χ2v) is 6.25.